The second-order valence-electron chi connectivity index (χ2n) is 5.14. The van der Waals surface area contributed by atoms with E-state index in [1.54, 1.807) is 7.11 Å². The first-order chi connectivity index (χ1) is 8.64. The lowest BCUT2D eigenvalue weighted by Gasteiger charge is -2.41. The van der Waals surface area contributed by atoms with Crippen LogP contribution in [0.25, 0.3) is 0 Å². The number of ether oxygens (including phenoxy) is 2. The molecule has 0 amide bonds. The van der Waals surface area contributed by atoms with Crippen LogP contribution in [0.2, 0.25) is 0 Å². The van der Waals surface area contributed by atoms with E-state index in [1.807, 2.05) is 30.0 Å². The summed E-state index contributed by atoms with van der Waals surface area (Å²) < 4.78 is 11.6. The van der Waals surface area contributed by atoms with Crippen molar-refractivity contribution in [2.45, 2.75) is 36.7 Å². The molecule has 2 aliphatic rings. The maximum absolute atomic E-state index is 6.32. The first kappa shape index (κ1) is 12.2. The standard InChI is InChI=1S/C14H19NO2S/c1-9-14(5-6-18-9)8-12(15)11-4-3-10(16-2)7-13(11)17-14/h3-4,7,9,12H,5-6,8,15H2,1-2H3. The number of methoxy groups -OCH3 is 1. The topological polar surface area (TPSA) is 44.5 Å². The van der Waals surface area contributed by atoms with Crippen LogP contribution in [0.3, 0.4) is 0 Å². The number of nitrogens with two attached hydrogens (primary N) is 1. The van der Waals surface area contributed by atoms with E-state index in [-0.39, 0.29) is 11.6 Å². The second kappa shape index (κ2) is 4.35. The van der Waals surface area contributed by atoms with Gasteiger partial charge in [-0.2, -0.15) is 11.8 Å². The van der Waals surface area contributed by atoms with Crippen LogP contribution in [-0.2, 0) is 0 Å². The van der Waals surface area contributed by atoms with Crippen LogP contribution in [0.15, 0.2) is 18.2 Å². The third kappa shape index (κ3) is 1.79. The van der Waals surface area contributed by atoms with Gasteiger partial charge in [0.15, 0.2) is 0 Å². The smallest absolute Gasteiger partial charge is 0.128 e. The van der Waals surface area contributed by atoms with Crippen molar-refractivity contribution in [3.05, 3.63) is 23.8 Å². The molecule has 1 saturated heterocycles. The highest BCUT2D eigenvalue weighted by Gasteiger charge is 2.47. The number of hydrogen-bond donors (Lipinski definition) is 1. The average Bonchev–Trinajstić information content (AvgIpc) is 2.69. The third-order valence-corrected chi connectivity index (χ3v) is 5.50. The van der Waals surface area contributed by atoms with Gasteiger partial charge in [-0.15, -0.1) is 0 Å². The summed E-state index contributed by atoms with van der Waals surface area (Å²) in [6.45, 7) is 2.25. The summed E-state index contributed by atoms with van der Waals surface area (Å²) in [4.78, 5) is 0. The molecule has 0 aromatic heterocycles. The van der Waals surface area contributed by atoms with E-state index in [0.717, 1.165) is 35.7 Å². The molecule has 3 atom stereocenters. The maximum atomic E-state index is 6.32. The Morgan fingerprint density at radius 1 is 1.50 bits per heavy atom. The van der Waals surface area contributed by atoms with Crippen LogP contribution in [0.1, 0.15) is 31.4 Å². The highest BCUT2D eigenvalue weighted by Crippen LogP contribution is 2.49. The summed E-state index contributed by atoms with van der Waals surface area (Å²) in [6.07, 6.45) is 2.00. The third-order valence-electron chi connectivity index (χ3n) is 4.13. The molecule has 0 bridgehead atoms. The summed E-state index contributed by atoms with van der Waals surface area (Å²) in [5.41, 5.74) is 7.35. The predicted octanol–water partition coefficient (Wildman–Crippen LogP) is 2.74. The first-order valence-corrected chi connectivity index (χ1v) is 7.44. The van der Waals surface area contributed by atoms with E-state index in [0.29, 0.717) is 5.25 Å². The van der Waals surface area contributed by atoms with Crippen LogP contribution in [0.4, 0.5) is 0 Å². The summed E-state index contributed by atoms with van der Waals surface area (Å²) >= 11 is 1.98. The predicted molar refractivity (Wildman–Crippen MR) is 74.4 cm³/mol. The molecule has 2 heterocycles. The molecule has 18 heavy (non-hydrogen) atoms. The molecule has 3 unspecified atom stereocenters. The van der Waals surface area contributed by atoms with Crippen LogP contribution in [0, 0.1) is 0 Å². The molecule has 98 valence electrons. The number of benzene rings is 1. The molecule has 1 spiro atoms. The normalized spacial score (nSPS) is 34.2. The Hall–Kier alpha value is -0.870. The van der Waals surface area contributed by atoms with Crippen molar-refractivity contribution >= 4 is 11.8 Å². The van der Waals surface area contributed by atoms with E-state index < -0.39 is 0 Å². The lowest BCUT2D eigenvalue weighted by atomic mass is 9.84. The fourth-order valence-corrected chi connectivity index (χ4v) is 4.33. The van der Waals surface area contributed by atoms with Crippen molar-refractivity contribution in [3.8, 4) is 11.5 Å². The van der Waals surface area contributed by atoms with E-state index >= 15 is 0 Å². The van der Waals surface area contributed by atoms with Crippen LogP contribution < -0.4 is 15.2 Å². The highest BCUT2D eigenvalue weighted by atomic mass is 32.2. The molecule has 1 fully saturated rings. The number of fused-ring (bicyclic) bond motifs is 1. The monoisotopic (exact) mass is 265 g/mol. The van der Waals surface area contributed by atoms with Crippen LogP contribution in [-0.4, -0.2) is 23.7 Å². The van der Waals surface area contributed by atoms with Crippen molar-refractivity contribution in [2.75, 3.05) is 12.9 Å². The highest BCUT2D eigenvalue weighted by molar-refractivity contribution is 8.00. The zero-order chi connectivity index (χ0) is 12.8. The number of thioether (sulfide) groups is 1. The molecule has 0 aliphatic carbocycles. The van der Waals surface area contributed by atoms with Gasteiger partial charge in [0.25, 0.3) is 0 Å². The van der Waals surface area contributed by atoms with Gasteiger partial charge in [0.05, 0.1) is 7.11 Å². The van der Waals surface area contributed by atoms with E-state index in [1.165, 1.54) is 0 Å². The Balaban J connectivity index is 1.99. The first-order valence-electron chi connectivity index (χ1n) is 6.39. The number of rotatable bonds is 1. The molecule has 2 aliphatic heterocycles. The van der Waals surface area contributed by atoms with Gasteiger partial charge in [-0.1, -0.05) is 6.07 Å². The zero-order valence-electron chi connectivity index (χ0n) is 10.8. The van der Waals surface area contributed by atoms with Gasteiger partial charge in [-0.3, -0.25) is 0 Å². The van der Waals surface area contributed by atoms with E-state index in [9.17, 15) is 0 Å². The van der Waals surface area contributed by atoms with Crippen LogP contribution in [0.5, 0.6) is 11.5 Å². The molecule has 1 aromatic carbocycles. The lowest BCUT2D eigenvalue weighted by molar-refractivity contribution is 0.0408. The fraction of sp³-hybridized carbons (Fsp3) is 0.571. The fourth-order valence-electron chi connectivity index (χ4n) is 2.94. The molecule has 3 nitrogen and oxygen atoms in total. The lowest BCUT2D eigenvalue weighted by Crippen LogP contribution is -2.47. The number of hydrogen-bond acceptors (Lipinski definition) is 4. The Morgan fingerprint density at radius 2 is 2.33 bits per heavy atom. The van der Waals surface area contributed by atoms with Gasteiger partial charge < -0.3 is 15.2 Å². The van der Waals surface area contributed by atoms with Crippen molar-refractivity contribution < 1.29 is 9.47 Å². The summed E-state index contributed by atoms with van der Waals surface area (Å²) in [5, 5.41) is 0.503. The molecule has 3 rings (SSSR count). The van der Waals surface area contributed by atoms with E-state index in [4.69, 9.17) is 15.2 Å². The summed E-state index contributed by atoms with van der Waals surface area (Å²) in [7, 11) is 1.67. The average molecular weight is 265 g/mol. The molecule has 0 saturated carbocycles. The van der Waals surface area contributed by atoms with Crippen molar-refractivity contribution in [3.63, 3.8) is 0 Å². The minimum Gasteiger partial charge on any atom is -0.497 e. The summed E-state index contributed by atoms with van der Waals surface area (Å²) in [5.74, 6) is 2.89. The van der Waals surface area contributed by atoms with Crippen LogP contribution >= 0.6 is 11.8 Å². The molecular formula is C14H19NO2S. The SMILES string of the molecule is COc1ccc2c(c1)OC1(CCSC1C)CC2N. The van der Waals surface area contributed by atoms with Gasteiger partial charge in [-0.25, -0.2) is 0 Å². The van der Waals surface area contributed by atoms with Crippen molar-refractivity contribution in [2.24, 2.45) is 5.73 Å². The molecule has 0 radical (unpaired) electrons. The molecular weight excluding hydrogens is 246 g/mol. The largest absolute Gasteiger partial charge is 0.497 e. The molecule has 1 aromatic rings. The minimum atomic E-state index is -0.0799. The maximum Gasteiger partial charge on any atom is 0.128 e. The Morgan fingerprint density at radius 3 is 3.00 bits per heavy atom. The Labute approximate surface area is 112 Å². The minimum absolute atomic E-state index is 0.0702. The van der Waals surface area contributed by atoms with Gasteiger partial charge >= 0.3 is 0 Å². The molecule has 2 N–H and O–H groups in total. The molecule has 4 heteroatoms. The van der Waals surface area contributed by atoms with Gasteiger partial charge in [0.1, 0.15) is 17.1 Å². The quantitative estimate of drug-likeness (QED) is 0.848. The second-order valence-corrected chi connectivity index (χ2v) is 6.59. The van der Waals surface area contributed by atoms with Gasteiger partial charge in [-0.05, 0) is 25.2 Å². The van der Waals surface area contributed by atoms with Gasteiger partial charge in [0.2, 0.25) is 0 Å². The Kier molecular flexibility index (Phi) is 2.94. The summed E-state index contributed by atoms with van der Waals surface area (Å²) in [6, 6.07) is 6.01. The zero-order valence-corrected chi connectivity index (χ0v) is 11.6. The van der Waals surface area contributed by atoms with E-state index in [2.05, 4.69) is 6.92 Å². The Bertz CT molecular complexity index is 465. The van der Waals surface area contributed by atoms with Gasteiger partial charge in [0, 0.05) is 29.3 Å². The van der Waals surface area contributed by atoms with Crippen molar-refractivity contribution in [1.82, 2.24) is 0 Å². The van der Waals surface area contributed by atoms with Crippen molar-refractivity contribution in [1.29, 1.82) is 0 Å².